The molecule has 2 amide bonds. The molecule has 0 spiro atoms. The molecule has 0 heterocycles. The smallest absolute Gasteiger partial charge is 0.242 e. The number of ether oxygens (including phenoxy) is 1. The van der Waals surface area contributed by atoms with Crippen molar-refractivity contribution in [3.05, 3.63) is 58.1 Å². The maximum absolute atomic E-state index is 13.5. The molecule has 0 saturated carbocycles. The number of nitrogens with one attached hydrogen (secondary N) is 1. The van der Waals surface area contributed by atoms with Crippen molar-refractivity contribution in [2.24, 2.45) is 5.92 Å². The summed E-state index contributed by atoms with van der Waals surface area (Å²) in [7, 11) is -3.59. The van der Waals surface area contributed by atoms with Crippen molar-refractivity contribution in [1.82, 2.24) is 10.2 Å². The van der Waals surface area contributed by atoms with Crippen LogP contribution >= 0.6 is 23.2 Å². The summed E-state index contributed by atoms with van der Waals surface area (Å²) >= 11 is 12.3. The summed E-state index contributed by atoms with van der Waals surface area (Å²) in [5.74, 6) is 0.416. The maximum atomic E-state index is 13.5. The molecule has 0 saturated heterocycles. The Labute approximate surface area is 242 Å². The summed E-state index contributed by atoms with van der Waals surface area (Å²) in [6.07, 6.45) is 1.87. The molecule has 216 valence electrons. The van der Waals surface area contributed by atoms with Gasteiger partial charge in [-0.3, -0.25) is 13.9 Å². The van der Waals surface area contributed by atoms with Gasteiger partial charge in [-0.15, -0.1) is 0 Å². The van der Waals surface area contributed by atoms with E-state index < -0.39 is 16.1 Å². The van der Waals surface area contributed by atoms with Crippen LogP contribution < -0.4 is 14.4 Å². The topological polar surface area (TPSA) is 96.0 Å². The van der Waals surface area contributed by atoms with Crippen molar-refractivity contribution in [1.29, 1.82) is 0 Å². The molecule has 0 radical (unpaired) electrons. The van der Waals surface area contributed by atoms with Crippen molar-refractivity contribution >= 4 is 50.7 Å². The van der Waals surface area contributed by atoms with E-state index in [0.29, 0.717) is 41.1 Å². The van der Waals surface area contributed by atoms with Gasteiger partial charge >= 0.3 is 0 Å². The number of halogens is 2. The number of carbonyl (C=O) groups is 2. The van der Waals surface area contributed by atoms with Crippen LogP contribution in [0.5, 0.6) is 5.75 Å². The summed E-state index contributed by atoms with van der Waals surface area (Å²) in [6, 6.07) is 11.2. The van der Waals surface area contributed by atoms with Gasteiger partial charge in [0.25, 0.3) is 0 Å². The summed E-state index contributed by atoms with van der Waals surface area (Å²) in [6.45, 7) is 8.99. The van der Waals surface area contributed by atoms with Crippen LogP contribution in [0.25, 0.3) is 0 Å². The van der Waals surface area contributed by atoms with Crippen LogP contribution in [0.4, 0.5) is 5.69 Å². The molecule has 0 bridgehead atoms. The molecule has 11 heteroatoms. The minimum absolute atomic E-state index is 0.0539. The number of carbonyl (C=O) groups excluding carboxylic acids is 2. The Morgan fingerprint density at radius 2 is 1.69 bits per heavy atom. The van der Waals surface area contributed by atoms with Crippen molar-refractivity contribution in [2.45, 2.75) is 59.5 Å². The highest BCUT2D eigenvalue weighted by atomic mass is 35.5. The van der Waals surface area contributed by atoms with Crippen LogP contribution in [0.3, 0.4) is 0 Å². The average Bonchev–Trinajstić information content (AvgIpc) is 2.87. The highest BCUT2D eigenvalue weighted by Gasteiger charge is 2.29. The summed E-state index contributed by atoms with van der Waals surface area (Å²) in [5.41, 5.74) is 1.22. The number of amides is 2. The van der Waals surface area contributed by atoms with Crippen LogP contribution in [0.2, 0.25) is 10.0 Å². The van der Waals surface area contributed by atoms with E-state index in [-0.39, 0.29) is 43.7 Å². The third-order valence-electron chi connectivity index (χ3n) is 6.00. The first-order valence-corrected chi connectivity index (χ1v) is 15.7. The molecule has 0 aliphatic heterocycles. The van der Waals surface area contributed by atoms with Crippen LogP contribution in [-0.4, -0.2) is 57.1 Å². The Kier molecular flexibility index (Phi) is 12.9. The molecule has 2 rings (SSSR count). The van der Waals surface area contributed by atoms with Gasteiger partial charge in [0.2, 0.25) is 21.8 Å². The standard InChI is InChI=1S/C28H39Cl2N3O5S/c1-6-26(28(35)31-18-20(3)4)32(19-21-10-15-24(29)25(30)17-21)27(34)9-8-16-33(39(5,36)37)22-11-13-23(14-12-22)38-7-2/h10-15,17,20,26H,6-9,16,18-19H2,1-5H3,(H,31,35). The lowest BCUT2D eigenvalue weighted by atomic mass is 10.1. The van der Waals surface area contributed by atoms with E-state index in [4.69, 9.17) is 27.9 Å². The molecule has 0 aliphatic rings. The lowest BCUT2D eigenvalue weighted by Gasteiger charge is -2.31. The monoisotopic (exact) mass is 599 g/mol. The zero-order valence-corrected chi connectivity index (χ0v) is 25.6. The number of hydrogen-bond donors (Lipinski definition) is 1. The van der Waals surface area contributed by atoms with Gasteiger partial charge < -0.3 is 15.0 Å². The Morgan fingerprint density at radius 1 is 1.03 bits per heavy atom. The molecule has 2 aromatic rings. The predicted molar refractivity (Wildman–Crippen MR) is 158 cm³/mol. The normalized spacial score (nSPS) is 12.2. The van der Waals surface area contributed by atoms with E-state index in [9.17, 15) is 18.0 Å². The maximum Gasteiger partial charge on any atom is 0.242 e. The predicted octanol–water partition coefficient (Wildman–Crippen LogP) is 5.52. The van der Waals surface area contributed by atoms with Crippen LogP contribution in [-0.2, 0) is 26.2 Å². The zero-order valence-electron chi connectivity index (χ0n) is 23.2. The second-order valence-electron chi connectivity index (χ2n) is 9.70. The van der Waals surface area contributed by atoms with Crippen LogP contribution in [0, 0.1) is 5.92 Å². The number of anilines is 1. The van der Waals surface area contributed by atoms with Gasteiger partial charge in [0.15, 0.2) is 0 Å². The van der Waals surface area contributed by atoms with Gasteiger partial charge in [0.1, 0.15) is 11.8 Å². The third-order valence-corrected chi connectivity index (χ3v) is 7.93. The number of benzene rings is 2. The fourth-order valence-corrected chi connectivity index (χ4v) is 5.34. The molecule has 39 heavy (non-hydrogen) atoms. The summed E-state index contributed by atoms with van der Waals surface area (Å²) in [5, 5.41) is 3.68. The number of sulfonamides is 1. The van der Waals surface area contributed by atoms with E-state index in [0.717, 1.165) is 11.8 Å². The largest absolute Gasteiger partial charge is 0.494 e. The molecule has 2 aromatic carbocycles. The molecular weight excluding hydrogens is 561 g/mol. The van der Waals surface area contributed by atoms with Crippen molar-refractivity contribution in [2.75, 3.05) is 30.3 Å². The molecule has 0 aliphatic carbocycles. The minimum atomic E-state index is -3.59. The SMILES string of the molecule is CCOc1ccc(N(CCCC(=O)N(Cc2ccc(Cl)c(Cl)c2)C(CC)C(=O)NCC(C)C)S(C)(=O)=O)cc1. The molecule has 0 fully saturated rings. The number of rotatable bonds is 15. The first-order valence-electron chi connectivity index (χ1n) is 13.1. The highest BCUT2D eigenvalue weighted by Crippen LogP contribution is 2.25. The van der Waals surface area contributed by atoms with E-state index in [1.165, 1.54) is 9.21 Å². The van der Waals surface area contributed by atoms with Crippen molar-refractivity contribution < 1.29 is 22.7 Å². The molecule has 8 nitrogen and oxygen atoms in total. The fraction of sp³-hybridized carbons (Fsp3) is 0.500. The first kappa shape index (κ1) is 32.7. The lowest BCUT2D eigenvalue weighted by Crippen LogP contribution is -2.49. The van der Waals surface area contributed by atoms with Gasteiger partial charge in [-0.05, 0) is 67.6 Å². The average molecular weight is 601 g/mol. The molecule has 1 atom stereocenters. The molecule has 1 N–H and O–H groups in total. The highest BCUT2D eigenvalue weighted by molar-refractivity contribution is 7.92. The third kappa shape index (κ3) is 10.2. The summed E-state index contributed by atoms with van der Waals surface area (Å²) in [4.78, 5) is 28.1. The fourth-order valence-electron chi connectivity index (χ4n) is 4.06. The van der Waals surface area contributed by atoms with E-state index in [2.05, 4.69) is 5.32 Å². The van der Waals surface area contributed by atoms with Crippen LogP contribution in [0.1, 0.15) is 52.5 Å². The Hall–Kier alpha value is -2.49. The molecule has 0 aromatic heterocycles. The second-order valence-corrected chi connectivity index (χ2v) is 12.4. The van der Waals surface area contributed by atoms with Crippen LogP contribution in [0.15, 0.2) is 42.5 Å². The minimum Gasteiger partial charge on any atom is -0.494 e. The van der Waals surface area contributed by atoms with Gasteiger partial charge in [0.05, 0.1) is 28.6 Å². The number of hydrogen-bond acceptors (Lipinski definition) is 5. The Bertz CT molecular complexity index is 1210. The van der Waals surface area contributed by atoms with Crippen molar-refractivity contribution in [3.8, 4) is 5.75 Å². The summed E-state index contributed by atoms with van der Waals surface area (Å²) < 4.78 is 31.8. The second kappa shape index (κ2) is 15.3. The Balaban J connectivity index is 2.22. The number of nitrogens with zero attached hydrogens (tertiary/aromatic N) is 2. The molecular formula is C28H39Cl2N3O5S. The molecule has 1 unspecified atom stereocenters. The zero-order chi connectivity index (χ0) is 29.2. The van der Waals surface area contributed by atoms with Crippen molar-refractivity contribution in [3.63, 3.8) is 0 Å². The van der Waals surface area contributed by atoms with Gasteiger partial charge in [-0.25, -0.2) is 8.42 Å². The van der Waals surface area contributed by atoms with E-state index in [1.54, 1.807) is 42.5 Å². The van der Waals surface area contributed by atoms with Gasteiger partial charge in [0, 0.05) is 26.1 Å². The Morgan fingerprint density at radius 3 is 2.23 bits per heavy atom. The van der Waals surface area contributed by atoms with E-state index in [1.807, 2.05) is 27.7 Å². The van der Waals surface area contributed by atoms with Gasteiger partial charge in [-0.2, -0.15) is 0 Å². The lowest BCUT2D eigenvalue weighted by molar-refractivity contribution is -0.141. The van der Waals surface area contributed by atoms with Gasteiger partial charge in [-0.1, -0.05) is 50.0 Å². The van der Waals surface area contributed by atoms with E-state index >= 15 is 0 Å². The first-order chi connectivity index (χ1) is 18.4. The quantitative estimate of drug-likeness (QED) is 0.291.